The molecule has 1 aromatic carbocycles. The summed E-state index contributed by atoms with van der Waals surface area (Å²) in [5.41, 5.74) is 6.87. The third-order valence-corrected chi connectivity index (χ3v) is 7.93. The first-order chi connectivity index (χ1) is 15.6. The summed E-state index contributed by atoms with van der Waals surface area (Å²) in [6.45, 7) is 10.9. The van der Waals surface area contributed by atoms with E-state index in [9.17, 15) is 14.7 Å². The van der Waals surface area contributed by atoms with Gasteiger partial charge in [0.1, 0.15) is 5.75 Å². The number of aromatic hydroxyl groups is 1. The number of amides is 2. The molecule has 1 aromatic rings. The fourth-order valence-corrected chi connectivity index (χ4v) is 6.09. The number of ether oxygens (including phenoxy) is 1. The van der Waals surface area contributed by atoms with Crippen LogP contribution in [0.5, 0.6) is 5.75 Å². The number of hydrogen-bond acceptors (Lipinski definition) is 4. The van der Waals surface area contributed by atoms with E-state index in [1.165, 1.54) is 21.6 Å². The van der Waals surface area contributed by atoms with Gasteiger partial charge in [-0.15, -0.1) is 0 Å². The third kappa shape index (κ3) is 4.16. The molecule has 0 aromatic heterocycles. The molecule has 5 nitrogen and oxygen atoms in total. The predicted molar refractivity (Wildman–Crippen MR) is 130 cm³/mol. The molecule has 0 spiro atoms. The lowest BCUT2D eigenvalue weighted by Gasteiger charge is -2.33. The quantitative estimate of drug-likeness (QED) is 0.478. The third-order valence-electron chi connectivity index (χ3n) is 7.93. The second-order valence-electron chi connectivity index (χ2n) is 10.3. The molecule has 3 aliphatic rings. The van der Waals surface area contributed by atoms with E-state index in [0.29, 0.717) is 24.7 Å². The fourth-order valence-electron chi connectivity index (χ4n) is 6.09. The van der Waals surface area contributed by atoms with Crippen LogP contribution in [0.4, 0.5) is 0 Å². The zero-order valence-corrected chi connectivity index (χ0v) is 20.8. The highest BCUT2D eigenvalue weighted by Crippen LogP contribution is 2.51. The Morgan fingerprint density at radius 2 is 1.85 bits per heavy atom. The molecule has 4 rings (SSSR count). The SMILES string of the molecule is CC/C(=C\c1cc(C)c(O)c(C)c1)CC[C@H]1OC[C@H]2C1=C(C(C)C)C[C@H]1C(=O)N(C)C(=O)[C@H]12. The van der Waals surface area contributed by atoms with Crippen LogP contribution in [-0.2, 0) is 14.3 Å². The minimum Gasteiger partial charge on any atom is -0.507 e. The molecule has 2 heterocycles. The number of phenols is 1. The van der Waals surface area contributed by atoms with Gasteiger partial charge in [-0.05, 0) is 79.8 Å². The number of carbonyl (C=O) groups excluding carboxylic acids is 2. The van der Waals surface area contributed by atoms with E-state index in [0.717, 1.165) is 36.0 Å². The smallest absolute Gasteiger partial charge is 0.233 e. The number of fused-ring (bicyclic) bond motifs is 3. The summed E-state index contributed by atoms with van der Waals surface area (Å²) in [6, 6.07) is 4.06. The maximum atomic E-state index is 12.9. The standard InChI is InChI=1S/C28H37NO4/c1-7-18(12-19-10-16(4)26(30)17(5)11-19)8-9-23-24-20(15(2)3)13-21-25(22(24)14-33-23)28(32)29(6)27(21)31/h10-12,15,21-23,25,30H,7-9,13-14H2,1-6H3/b18-12+/t21-,22+,23-,25-/m1/s1. The first-order valence-electron chi connectivity index (χ1n) is 12.3. The molecule has 33 heavy (non-hydrogen) atoms. The lowest BCUT2D eigenvalue weighted by Crippen LogP contribution is -2.34. The van der Waals surface area contributed by atoms with E-state index in [-0.39, 0.29) is 35.7 Å². The highest BCUT2D eigenvalue weighted by atomic mass is 16.5. The number of phenolic OH excluding ortho intramolecular Hbond substituents is 1. The summed E-state index contributed by atoms with van der Waals surface area (Å²) in [5, 5.41) is 10.1. The van der Waals surface area contributed by atoms with Crippen molar-refractivity contribution in [3.8, 4) is 5.75 Å². The van der Waals surface area contributed by atoms with Gasteiger partial charge in [-0.2, -0.15) is 0 Å². The summed E-state index contributed by atoms with van der Waals surface area (Å²) in [5.74, 6) is 0.199. The number of benzene rings is 1. The second kappa shape index (κ2) is 9.09. The van der Waals surface area contributed by atoms with Gasteiger partial charge < -0.3 is 9.84 Å². The van der Waals surface area contributed by atoms with Crippen molar-refractivity contribution in [3.05, 3.63) is 45.5 Å². The molecule has 2 saturated heterocycles. The van der Waals surface area contributed by atoms with E-state index in [1.807, 2.05) is 26.0 Å². The molecule has 0 unspecified atom stereocenters. The molecule has 4 atom stereocenters. The normalized spacial score (nSPS) is 27.6. The molecule has 2 aliphatic heterocycles. The lowest BCUT2D eigenvalue weighted by atomic mass is 9.67. The Bertz CT molecular complexity index is 1010. The Balaban J connectivity index is 1.57. The highest BCUT2D eigenvalue weighted by Gasteiger charge is 2.56. The first-order valence-corrected chi connectivity index (χ1v) is 12.3. The molecule has 178 valence electrons. The van der Waals surface area contributed by atoms with Crippen LogP contribution in [0.25, 0.3) is 6.08 Å². The van der Waals surface area contributed by atoms with Crippen LogP contribution in [0, 0.1) is 37.5 Å². The molecule has 2 fully saturated rings. The van der Waals surface area contributed by atoms with Crippen molar-refractivity contribution in [1.29, 1.82) is 0 Å². The van der Waals surface area contributed by atoms with Crippen LogP contribution in [0.2, 0.25) is 0 Å². The van der Waals surface area contributed by atoms with E-state index < -0.39 is 0 Å². The van der Waals surface area contributed by atoms with Gasteiger partial charge in [-0.3, -0.25) is 14.5 Å². The number of imide groups is 1. The van der Waals surface area contributed by atoms with Crippen molar-refractivity contribution >= 4 is 17.9 Å². The molecule has 1 N–H and O–H groups in total. The zero-order chi connectivity index (χ0) is 24.0. The Labute approximate surface area is 197 Å². The van der Waals surface area contributed by atoms with Crippen LogP contribution in [-0.4, -0.2) is 41.6 Å². The minimum atomic E-state index is -0.255. The van der Waals surface area contributed by atoms with Crippen molar-refractivity contribution in [2.75, 3.05) is 13.7 Å². The number of nitrogens with zero attached hydrogens (tertiary/aromatic N) is 1. The molecule has 0 bridgehead atoms. The van der Waals surface area contributed by atoms with Crippen LogP contribution < -0.4 is 0 Å². The van der Waals surface area contributed by atoms with Gasteiger partial charge >= 0.3 is 0 Å². The van der Waals surface area contributed by atoms with E-state index >= 15 is 0 Å². The lowest BCUT2D eigenvalue weighted by molar-refractivity contribution is -0.138. The van der Waals surface area contributed by atoms with E-state index in [4.69, 9.17) is 4.74 Å². The van der Waals surface area contributed by atoms with Gasteiger partial charge in [0.05, 0.1) is 24.5 Å². The van der Waals surface area contributed by atoms with Gasteiger partial charge in [-0.25, -0.2) is 0 Å². The molecule has 2 amide bonds. The Morgan fingerprint density at radius 1 is 1.18 bits per heavy atom. The second-order valence-corrected chi connectivity index (χ2v) is 10.3. The van der Waals surface area contributed by atoms with Crippen LogP contribution in [0.1, 0.15) is 63.1 Å². The van der Waals surface area contributed by atoms with Crippen molar-refractivity contribution in [2.45, 2.75) is 66.4 Å². The van der Waals surface area contributed by atoms with Crippen molar-refractivity contribution < 1.29 is 19.4 Å². The van der Waals surface area contributed by atoms with Gasteiger partial charge in [-0.1, -0.05) is 38.0 Å². The topological polar surface area (TPSA) is 66.8 Å². The Morgan fingerprint density at radius 3 is 2.45 bits per heavy atom. The zero-order valence-electron chi connectivity index (χ0n) is 20.8. The summed E-state index contributed by atoms with van der Waals surface area (Å²) in [4.78, 5) is 26.9. The van der Waals surface area contributed by atoms with Crippen molar-refractivity contribution in [3.63, 3.8) is 0 Å². The van der Waals surface area contributed by atoms with Crippen LogP contribution in [0.15, 0.2) is 28.9 Å². The first kappa shape index (κ1) is 23.7. The number of allylic oxidation sites excluding steroid dienone is 2. The summed E-state index contributed by atoms with van der Waals surface area (Å²) in [7, 11) is 1.62. The minimum absolute atomic E-state index is 0.0143. The van der Waals surface area contributed by atoms with Gasteiger partial charge in [0, 0.05) is 13.0 Å². The molecule has 5 heteroatoms. The monoisotopic (exact) mass is 451 g/mol. The van der Waals surface area contributed by atoms with Crippen molar-refractivity contribution in [1.82, 2.24) is 4.90 Å². The largest absolute Gasteiger partial charge is 0.507 e. The molecular formula is C28H37NO4. The maximum Gasteiger partial charge on any atom is 0.233 e. The number of hydrogen-bond donors (Lipinski definition) is 1. The Hall–Kier alpha value is -2.40. The van der Waals surface area contributed by atoms with Crippen LogP contribution >= 0.6 is 0 Å². The number of likely N-dealkylation sites (tertiary alicyclic amines) is 1. The van der Waals surface area contributed by atoms with Gasteiger partial charge in [0.2, 0.25) is 11.8 Å². The van der Waals surface area contributed by atoms with Crippen LogP contribution in [0.3, 0.4) is 0 Å². The summed E-state index contributed by atoms with van der Waals surface area (Å²) < 4.78 is 6.31. The fraction of sp³-hybridized carbons (Fsp3) is 0.571. The predicted octanol–water partition coefficient (Wildman–Crippen LogP) is 5.18. The van der Waals surface area contributed by atoms with Gasteiger partial charge in [0.15, 0.2) is 0 Å². The number of aryl methyl sites for hydroxylation is 2. The molecular weight excluding hydrogens is 414 g/mol. The van der Waals surface area contributed by atoms with Gasteiger partial charge in [0.25, 0.3) is 0 Å². The average Bonchev–Trinajstić information content (AvgIpc) is 3.29. The summed E-state index contributed by atoms with van der Waals surface area (Å²) in [6.07, 6.45) is 5.68. The molecule has 0 radical (unpaired) electrons. The van der Waals surface area contributed by atoms with E-state index in [1.54, 1.807) is 7.05 Å². The molecule has 1 aliphatic carbocycles. The average molecular weight is 452 g/mol. The summed E-state index contributed by atoms with van der Waals surface area (Å²) >= 11 is 0. The number of rotatable bonds is 6. The van der Waals surface area contributed by atoms with Crippen molar-refractivity contribution in [2.24, 2.45) is 23.7 Å². The highest BCUT2D eigenvalue weighted by molar-refractivity contribution is 6.05. The maximum absolute atomic E-state index is 12.9. The number of carbonyl (C=O) groups is 2. The Kier molecular flexibility index (Phi) is 6.54. The molecule has 0 saturated carbocycles. The van der Waals surface area contributed by atoms with E-state index in [2.05, 4.69) is 26.8 Å².